The van der Waals surface area contributed by atoms with Crippen molar-refractivity contribution in [3.8, 4) is 5.75 Å². The molecular weight excluding hydrogens is 339 g/mol. The zero-order valence-electron chi connectivity index (χ0n) is 13.2. The fraction of sp³-hybridized carbons (Fsp3) is 0.0526. The summed E-state index contributed by atoms with van der Waals surface area (Å²) < 4.78 is 15.5. The number of aliphatic hydroxyl groups is 1. The molecule has 3 N–H and O–H groups in total. The van der Waals surface area contributed by atoms with Crippen LogP contribution in [0.15, 0.2) is 84.9 Å². The maximum atomic E-state index is 11.6. The molecule has 6 heteroatoms. The van der Waals surface area contributed by atoms with Gasteiger partial charge in [-0.25, -0.2) is 4.57 Å². The Kier molecular flexibility index (Phi) is 4.75. The van der Waals surface area contributed by atoms with Gasteiger partial charge in [0.2, 0.25) is 0 Å². The van der Waals surface area contributed by atoms with E-state index < -0.39 is 13.4 Å². The molecule has 0 unspecified atom stereocenters. The van der Waals surface area contributed by atoms with Gasteiger partial charge in [0, 0.05) is 0 Å². The summed E-state index contributed by atoms with van der Waals surface area (Å²) in [6, 6.07) is 24.4. The Bertz CT molecular complexity index is 833. The number of phosphoric acid groups is 1. The molecule has 5 nitrogen and oxygen atoms in total. The Hall–Kier alpha value is -2.43. The number of benzene rings is 3. The Morgan fingerprint density at radius 2 is 1.08 bits per heavy atom. The van der Waals surface area contributed by atoms with Gasteiger partial charge in [0.1, 0.15) is 11.4 Å². The minimum absolute atomic E-state index is 0.0283. The number of hydrogen-bond donors (Lipinski definition) is 3. The first-order valence-electron chi connectivity index (χ1n) is 7.59. The third kappa shape index (κ3) is 3.81. The molecule has 3 aromatic rings. The van der Waals surface area contributed by atoms with Gasteiger partial charge in [-0.15, -0.1) is 0 Å². The lowest BCUT2D eigenvalue weighted by Crippen LogP contribution is -2.28. The molecule has 25 heavy (non-hydrogen) atoms. The van der Waals surface area contributed by atoms with Crippen LogP contribution in [0.25, 0.3) is 0 Å². The highest BCUT2D eigenvalue weighted by Gasteiger charge is 2.33. The lowest BCUT2D eigenvalue weighted by atomic mass is 9.80. The van der Waals surface area contributed by atoms with E-state index in [9.17, 15) is 9.67 Å². The molecule has 0 aromatic heterocycles. The minimum atomic E-state index is -4.62. The zero-order chi connectivity index (χ0) is 17.9. The zero-order valence-corrected chi connectivity index (χ0v) is 14.1. The van der Waals surface area contributed by atoms with E-state index in [1.165, 1.54) is 12.1 Å². The van der Waals surface area contributed by atoms with Crippen molar-refractivity contribution < 1.29 is 24.0 Å². The van der Waals surface area contributed by atoms with Gasteiger partial charge >= 0.3 is 7.82 Å². The third-order valence-electron chi connectivity index (χ3n) is 3.88. The average Bonchev–Trinajstić information content (AvgIpc) is 2.62. The van der Waals surface area contributed by atoms with E-state index in [-0.39, 0.29) is 5.75 Å². The first-order valence-corrected chi connectivity index (χ1v) is 9.12. The topological polar surface area (TPSA) is 87.0 Å². The molecular formula is C19H17O5P. The standard InChI is InChI=1S/C19H17O5P/c20-19(15-7-3-1-4-8-15,16-9-5-2-6-10-16)17-11-13-18(14-12-17)24-25(21,22)23/h1-14,20H,(H2,21,22,23). The molecule has 0 spiro atoms. The van der Waals surface area contributed by atoms with Crippen LogP contribution in [0.5, 0.6) is 5.75 Å². The molecule has 0 saturated heterocycles. The van der Waals surface area contributed by atoms with Crippen molar-refractivity contribution in [2.24, 2.45) is 0 Å². The van der Waals surface area contributed by atoms with Gasteiger partial charge in [0.25, 0.3) is 0 Å². The summed E-state index contributed by atoms with van der Waals surface area (Å²) in [5.74, 6) is 0.0283. The van der Waals surface area contributed by atoms with Gasteiger partial charge in [0.15, 0.2) is 0 Å². The van der Waals surface area contributed by atoms with Crippen molar-refractivity contribution >= 4 is 7.82 Å². The molecule has 0 aliphatic carbocycles. The maximum absolute atomic E-state index is 11.6. The van der Waals surface area contributed by atoms with Crippen LogP contribution in [0.4, 0.5) is 0 Å². The molecule has 0 bridgehead atoms. The molecule has 3 rings (SSSR count). The van der Waals surface area contributed by atoms with E-state index in [0.29, 0.717) is 16.7 Å². The Morgan fingerprint density at radius 1 is 0.680 bits per heavy atom. The fourth-order valence-corrected chi connectivity index (χ4v) is 3.15. The summed E-state index contributed by atoms with van der Waals surface area (Å²) in [6.45, 7) is 0. The molecule has 0 aliphatic rings. The molecule has 0 amide bonds. The second kappa shape index (κ2) is 6.82. The Morgan fingerprint density at radius 3 is 1.48 bits per heavy atom. The molecule has 0 aliphatic heterocycles. The first-order chi connectivity index (χ1) is 11.9. The molecule has 0 heterocycles. The van der Waals surface area contributed by atoms with E-state index in [1.807, 2.05) is 60.7 Å². The van der Waals surface area contributed by atoms with Crippen LogP contribution in [0, 0.1) is 0 Å². The number of rotatable bonds is 5. The van der Waals surface area contributed by atoms with Crippen molar-refractivity contribution in [3.05, 3.63) is 102 Å². The second-order valence-corrected chi connectivity index (χ2v) is 6.71. The van der Waals surface area contributed by atoms with Crippen molar-refractivity contribution in [3.63, 3.8) is 0 Å². The highest BCUT2D eigenvalue weighted by molar-refractivity contribution is 7.46. The monoisotopic (exact) mass is 356 g/mol. The predicted octanol–water partition coefficient (Wildman–Crippen LogP) is 3.44. The lowest BCUT2D eigenvalue weighted by Gasteiger charge is -2.30. The van der Waals surface area contributed by atoms with E-state index in [4.69, 9.17) is 9.79 Å². The molecule has 3 aromatic carbocycles. The van der Waals surface area contributed by atoms with Gasteiger partial charge in [-0.2, -0.15) is 0 Å². The van der Waals surface area contributed by atoms with Crippen LogP contribution in [-0.4, -0.2) is 14.9 Å². The molecule has 0 fully saturated rings. The van der Waals surface area contributed by atoms with Crippen LogP contribution in [0.2, 0.25) is 0 Å². The third-order valence-corrected chi connectivity index (χ3v) is 4.33. The normalized spacial score (nSPS) is 12.0. The van der Waals surface area contributed by atoms with E-state index >= 15 is 0 Å². The van der Waals surface area contributed by atoms with Crippen LogP contribution in [0.3, 0.4) is 0 Å². The fourth-order valence-electron chi connectivity index (χ4n) is 2.75. The largest absolute Gasteiger partial charge is 0.524 e. The van der Waals surface area contributed by atoms with Gasteiger partial charge in [0.05, 0.1) is 0 Å². The Balaban J connectivity index is 2.09. The number of phosphoric ester groups is 1. The molecule has 0 saturated carbocycles. The van der Waals surface area contributed by atoms with Gasteiger partial charge in [-0.05, 0) is 28.8 Å². The maximum Gasteiger partial charge on any atom is 0.524 e. The molecule has 128 valence electrons. The highest BCUT2D eigenvalue weighted by Crippen LogP contribution is 2.40. The van der Waals surface area contributed by atoms with E-state index in [1.54, 1.807) is 12.1 Å². The van der Waals surface area contributed by atoms with Gasteiger partial charge in [-0.3, -0.25) is 9.79 Å². The van der Waals surface area contributed by atoms with Gasteiger partial charge < -0.3 is 9.63 Å². The lowest BCUT2D eigenvalue weighted by molar-refractivity contribution is 0.125. The number of hydrogen-bond acceptors (Lipinski definition) is 3. The average molecular weight is 356 g/mol. The van der Waals surface area contributed by atoms with Crippen LogP contribution in [-0.2, 0) is 10.2 Å². The molecule has 0 atom stereocenters. The van der Waals surface area contributed by atoms with Crippen LogP contribution < -0.4 is 4.52 Å². The summed E-state index contributed by atoms with van der Waals surface area (Å²) in [5, 5.41) is 11.6. The summed E-state index contributed by atoms with van der Waals surface area (Å²) in [4.78, 5) is 17.8. The highest BCUT2D eigenvalue weighted by atomic mass is 31.2. The van der Waals surface area contributed by atoms with E-state index in [0.717, 1.165) is 0 Å². The van der Waals surface area contributed by atoms with Crippen molar-refractivity contribution in [2.45, 2.75) is 5.60 Å². The Labute approximate surface area is 145 Å². The van der Waals surface area contributed by atoms with Gasteiger partial charge in [-0.1, -0.05) is 72.8 Å². The smallest absolute Gasteiger partial charge is 0.404 e. The quantitative estimate of drug-likeness (QED) is 0.482. The van der Waals surface area contributed by atoms with E-state index in [2.05, 4.69) is 4.52 Å². The van der Waals surface area contributed by atoms with Crippen molar-refractivity contribution in [1.82, 2.24) is 0 Å². The second-order valence-electron chi connectivity index (χ2n) is 5.55. The summed E-state index contributed by atoms with van der Waals surface area (Å²) in [5.41, 5.74) is 0.529. The van der Waals surface area contributed by atoms with Crippen molar-refractivity contribution in [2.75, 3.05) is 0 Å². The van der Waals surface area contributed by atoms with Crippen LogP contribution in [0.1, 0.15) is 16.7 Å². The van der Waals surface area contributed by atoms with Crippen LogP contribution >= 0.6 is 7.82 Å². The summed E-state index contributed by atoms with van der Waals surface area (Å²) >= 11 is 0. The first kappa shape index (κ1) is 17.4. The predicted molar refractivity (Wildman–Crippen MR) is 94.1 cm³/mol. The summed E-state index contributed by atoms with van der Waals surface area (Å²) in [6.07, 6.45) is 0. The van der Waals surface area contributed by atoms with Crippen molar-refractivity contribution in [1.29, 1.82) is 0 Å². The molecule has 0 radical (unpaired) electrons. The minimum Gasteiger partial charge on any atom is -0.404 e. The summed E-state index contributed by atoms with van der Waals surface area (Å²) in [7, 11) is -4.62. The SMILES string of the molecule is O=P(O)(O)Oc1ccc(C(O)(c2ccccc2)c2ccccc2)cc1.